The van der Waals surface area contributed by atoms with Crippen LogP contribution in [0.25, 0.3) is 0 Å². The molecule has 0 bridgehead atoms. The summed E-state index contributed by atoms with van der Waals surface area (Å²) in [6, 6.07) is 6.13. The third kappa shape index (κ3) is 3.26. The van der Waals surface area contributed by atoms with Crippen LogP contribution >= 0.6 is 22.6 Å². The molecule has 1 saturated carbocycles. The van der Waals surface area contributed by atoms with Crippen molar-refractivity contribution in [2.24, 2.45) is 0 Å². The summed E-state index contributed by atoms with van der Waals surface area (Å²) < 4.78 is 1.09. The average molecular weight is 331 g/mol. The second-order valence-electron chi connectivity index (χ2n) is 3.93. The van der Waals surface area contributed by atoms with Crippen LogP contribution in [-0.2, 0) is 4.79 Å². The van der Waals surface area contributed by atoms with Crippen molar-refractivity contribution < 1.29 is 4.79 Å². The summed E-state index contributed by atoms with van der Waals surface area (Å²) in [5.74, 6) is 0.0282. The lowest BCUT2D eigenvalue weighted by Gasteiger charge is -2.09. The molecular weight excluding hydrogens is 317 g/mol. The third-order valence-corrected chi connectivity index (χ3v) is 3.07. The number of rotatable bonds is 4. The molecule has 0 unspecified atom stereocenters. The molecule has 16 heavy (non-hydrogen) atoms. The average Bonchev–Trinajstić information content (AvgIpc) is 3.00. The van der Waals surface area contributed by atoms with Crippen LogP contribution < -0.4 is 16.4 Å². The molecule has 86 valence electrons. The number of nitrogens with one attached hydrogen (secondary N) is 2. The van der Waals surface area contributed by atoms with Crippen molar-refractivity contribution in [1.82, 2.24) is 5.32 Å². The minimum Gasteiger partial charge on any atom is -0.397 e. The fraction of sp³-hybridized carbons (Fsp3) is 0.364. The molecule has 0 saturated heterocycles. The molecule has 0 aliphatic heterocycles. The number of nitrogens with two attached hydrogens (primary N) is 1. The van der Waals surface area contributed by atoms with Crippen LogP contribution in [0.3, 0.4) is 0 Å². The zero-order valence-electron chi connectivity index (χ0n) is 8.79. The lowest BCUT2D eigenvalue weighted by molar-refractivity contribution is -0.119. The highest BCUT2D eigenvalue weighted by atomic mass is 127. The molecule has 1 aliphatic carbocycles. The van der Waals surface area contributed by atoms with Crippen molar-refractivity contribution >= 4 is 39.9 Å². The maximum Gasteiger partial charge on any atom is 0.239 e. The first-order valence-electron chi connectivity index (χ1n) is 5.23. The summed E-state index contributed by atoms with van der Waals surface area (Å²) in [7, 11) is 0. The van der Waals surface area contributed by atoms with E-state index in [1.807, 2.05) is 18.2 Å². The highest BCUT2D eigenvalue weighted by Crippen LogP contribution is 2.21. The van der Waals surface area contributed by atoms with Crippen molar-refractivity contribution in [2.75, 3.05) is 17.6 Å². The van der Waals surface area contributed by atoms with Gasteiger partial charge in [-0.15, -0.1) is 0 Å². The van der Waals surface area contributed by atoms with Gasteiger partial charge in [0.2, 0.25) is 5.91 Å². The minimum atomic E-state index is 0.0282. The number of nitrogen functional groups attached to an aromatic ring is 1. The Labute approximate surface area is 108 Å². The Kier molecular flexibility index (Phi) is 3.52. The number of carbonyl (C=O) groups is 1. The molecule has 4 N–H and O–H groups in total. The maximum atomic E-state index is 11.4. The third-order valence-electron chi connectivity index (χ3n) is 2.40. The molecule has 1 aliphatic rings. The van der Waals surface area contributed by atoms with Gasteiger partial charge >= 0.3 is 0 Å². The van der Waals surface area contributed by atoms with Gasteiger partial charge in [0, 0.05) is 9.61 Å². The first-order valence-corrected chi connectivity index (χ1v) is 6.31. The summed E-state index contributed by atoms with van der Waals surface area (Å²) in [6.45, 7) is 0.279. The second-order valence-corrected chi connectivity index (χ2v) is 5.17. The van der Waals surface area contributed by atoms with E-state index in [-0.39, 0.29) is 12.5 Å². The largest absolute Gasteiger partial charge is 0.397 e. The van der Waals surface area contributed by atoms with Gasteiger partial charge in [-0.1, -0.05) is 0 Å². The smallest absolute Gasteiger partial charge is 0.239 e. The van der Waals surface area contributed by atoms with Crippen LogP contribution in [0.2, 0.25) is 0 Å². The Morgan fingerprint density at radius 1 is 1.50 bits per heavy atom. The van der Waals surface area contributed by atoms with Gasteiger partial charge in [-0.3, -0.25) is 4.79 Å². The lowest BCUT2D eigenvalue weighted by Crippen LogP contribution is -2.31. The standard InChI is InChI=1S/C11H14IN3O/c12-7-1-4-10(9(13)5-7)14-6-11(16)15-8-2-3-8/h1,4-5,8,14H,2-3,6,13H2,(H,15,16). The molecule has 5 heteroatoms. The highest BCUT2D eigenvalue weighted by molar-refractivity contribution is 14.1. The van der Waals surface area contributed by atoms with Crippen LogP contribution in [0.5, 0.6) is 0 Å². The molecule has 4 nitrogen and oxygen atoms in total. The Hall–Kier alpha value is -0.980. The van der Waals surface area contributed by atoms with Gasteiger partial charge in [0.15, 0.2) is 0 Å². The number of hydrogen-bond donors (Lipinski definition) is 3. The molecule has 0 radical (unpaired) electrons. The maximum absolute atomic E-state index is 11.4. The molecule has 2 rings (SSSR count). The van der Waals surface area contributed by atoms with Gasteiger partial charge in [0.25, 0.3) is 0 Å². The lowest BCUT2D eigenvalue weighted by atomic mass is 10.2. The number of anilines is 2. The number of hydrogen-bond acceptors (Lipinski definition) is 3. The second kappa shape index (κ2) is 4.90. The van der Waals surface area contributed by atoms with Crippen molar-refractivity contribution in [3.63, 3.8) is 0 Å². The molecule has 1 aromatic rings. The normalized spacial score (nSPS) is 14.6. The Bertz CT molecular complexity index is 404. The Morgan fingerprint density at radius 3 is 2.88 bits per heavy atom. The zero-order chi connectivity index (χ0) is 11.5. The van der Waals surface area contributed by atoms with Gasteiger partial charge in [-0.25, -0.2) is 0 Å². The van der Waals surface area contributed by atoms with Crippen LogP contribution in [0.4, 0.5) is 11.4 Å². The predicted molar refractivity (Wildman–Crippen MR) is 73.2 cm³/mol. The van der Waals surface area contributed by atoms with E-state index in [1.54, 1.807) is 0 Å². The van der Waals surface area contributed by atoms with Gasteiger partial charge in [0.05, 0.1) is 17.9 Å². The van der Waals surface area contributed by atoms with Crippen LogP contribution in [0.15, 0.2) is 18.2 Å². The quantitative estimate of drug-likeness (QED) is 0.579. The summed E-state index contributed by atoms with van der Waals surface area (Å²) in [5, 5.41) is 5.94. The van der Waals surface area contributed by atoms with Crippen LogP contribution in [0.1, 0.15) is 12.8 Å². The van der Waals surface area contributed by atoms with Crippen LogP contribution in [0, 0.1) is 3.57 Å². The number of carbonyl (C=O) groups excluding carboxylic acids is 1. The first kappa shape index (κ1) is 11.5. The number of amides is 1. The van der Waals surface area contributed by atoms with Crippen molar-refractivity contribution in [3.8, 4) is 0 Å². The SMILES string of the molecule is Nc1cc(I)ccc1NCC(=O)NC1CC1. The van der Waals surface area contributed by atoms with Gasteiger partial charge < -0.3 is 16.4 Å². The molecule has 0 atom stereocenters. The summed E-state index contributed by atoms with van der Waals surface area (Å²) in [6.07, 6.45) is 2.22. The van der Waals surface area contributed by atoms with E-state index in [4.69, 9.17) is 5.73 Å². The Balaban J connectivity index is 1.85. The zero-order valence-corrected chi connectivity index (χ0v) is 11.0. The van der Waals surface area contributed by atoms with Gasteiger partial charge in [-0.2, -0.15) is 0 Å². The van der Waals surface area contributed by atoms with Crippen molar-refractivity contribution in [1.29, 1.82) is 0 Å². The van der Waals surface area contributed by atoms with Crippen molar-refractivity contribution in [2.45, 2.75) is 18.9 Å². The van der Waals surface area contributed by atoms with Crippen LogP contribution in [-0.4, -0.2) is 18.5 Å². The van der Waals surface area contributed by atoms with E-state index in [1.165, 1.54) is 0 Å². The van der Waals surface area contributed by atoms with E-state index in [0.717, 1.165) is 22.1 Å². The minimum absolute atomic E-state index is 0.0282. The fourth-order valence-corrected chi connectivity index (χ4v) is 1.89. The fourth-order valence-electron chi connectivity index (χ4n) is 1.38. The summed E-state index contributed by atoms with van der Waals surface area (Å²) >= 11 is 2.20. The van der Waals surface area contributed by atoms with E-state index in [0.29, 0.717) is 11.7 Å². The highest BCUT2D eigenvalue weighted by Gasteiger charge is 2.22. The predicted octanol–water partition coefficient (Wildman–Crippen LogP) is 1.56. The van der Waals surface area contributed by atoms with E-state index < -0.39 is 0 Å². The monoisotopic (exact) mass is 331 g/mol. The summed E-state index contributed by atoms with van der Waals surface area (Å²) in [5.41, 5.74) is 7.31. The first-order chi connectivity index (χ1) is 7.65. The van der Waals surface area contributed by atoms with E-state index >= 15 is 0 Å². The van der Waals surface area contributed by atoms with E-state index in [9.17, 15) is 4.79 Å². The van der Waals surface area contributed by atoms with Crippen molar-refractivity contribution in [3.05, 3.63) is 21.8 Å². The molecule has 1 amide bonds. The summed E-state index contributed by atoms with van der Waals surface area (Å²) in [4.78, 5) is 11.4. The Morgan fingerprint density at radius 2 is 2.25 bits per heavy atom. The van der Waals surface area contributed by atoms with Gasteiger partial charge in [-0.05, 0) is 53.6 Å². The molecule has 0 aromatic heterocycles. The van der Waals surface area contributed by atoms with Gasteiger partial charge in [0.1, 0.15) is 0 Å². The molecule has 0 spiro atoms. The molecule has 0 heterocycles. The molecule has 1 aromatic carbocycles. The number of benzene rings is 1. The van der Waals surface area contributed by atoms with E-state index in [2.05, 4.69) is 33.2 Å². The molecule has 1 fully saturated rings. The number of halogens is 1. The topological polar surface area (TPSA) is 67.1 Å². The molecular formula is C11H14IN3O.